The molecular formula is C15H20N2OS. The number of hydrogen-bond donors (Lipinski definition) is 2. The van der Waals surface area contributed by atoms with E-state index in [9.17, 15) is 4.79 Å². The van der Waals surface area contributed by atoms with Crippen molar-refractivity contribution in [2.75, 3.05) is 5.32 Å². The molecule has 0 unspecified atom stereocenters. The number of nitrogens with one attached hydrogen (secondary N) is 1. The van der Waals surface area contributed by atoms with E-state index >= 15 is 0 Å². The minimum absolute atomic E-state index is 0.0801. The molecule has 1 aliphatic carbocycles. The molecular weight excluding hydrogens is 256 g/mol. The molecule has 1 aliphatic rings. The number of carbonyl (C=O) groups excluding carboxylic acids is 1. The molecule has 1 fully saturated rings. The van der Waals surface area contributed by atoms with E-state index in [-0.39, 0.29) is 11.3 Å². The molecule has 0 radical (unpaired) electrons. The molecule has 0 atom stereocenters. The highest BCUT2D eigenvalue weighted by molar-refractivity contribution is 7.80. The average Bonchev–Trinajstić information content (AvgIpc) is 3.09. The van der Waals surface area contributed by atoms with Crippen LogP contribution in [0.5, 0.6) is 0 Å². The standard InChI is InChI=1S/C15H20N2OS/c1-14(2,3)10-4-6-11(7-5-10)17-13(18)15(8-9-15)12(16)19/h4-7H,8-9H2,1-3H3,(H2,16,19)(H,17,18). The molecule has 0 saturated heterocycles. The van der Waals surface area contributed by atoms with Crippen LogP contribution in [0.15, 0.2) is 24.3 Å². The quantitative estimate of drug-likeness (QED) is 0.834. The summed E-state index contributed by atoms with van der Waals surface area (Å²) in [6.07, 6.45) is 1.52. The lowest BCUT2D eigenvalue weighted by atomic mass is 9.87. The summed E-state index contributed by atoms with van der Waals surface area (Å²) < 4.78 is 0. The highest BCUT2D eigenvalue weighted by atomic mass is 32.1. The molecule has 1 saturated carbocycles. The normalized spacial score (nSPS) is 16.8. The van der Waals surface area contributed by atoms with Crippen molar-refractivity contribution in [2.45, 2.75) is 39.0 Å². The van der Waals surface area contributed by atoms with Crippen LogP contribution < -0.4 is 11.1 Å². The van der Waals surface area contributed by atoms with Crippen molar-refractivity contribution in [2.24, 2.45) is 11.1 Å². The van der Waals surface area contributed by atoms with Gasteiger partial charge in [0.15, 0.2) is 0 Å². The minimum Gasteiger partial charge on any atom is -0.392 e. The Balaban J connectivity index is 2.09. The van der Waals surface area contributed by atoms with Gasteiger partial charge in [0.25, 0.3) is 0 Å². The van der Waals surface area contributed by atoms with E-state index in [1.54, 1.807) is 0 Å². The van der Waals surface area contributed by atoms with Crippen LogP contribution in [0.2, 0.25) is 0 Å². The average molecular weight is 276 g/mol. The highest BCUT2D eigenvalue weighted by Crippen LogP contribution is 2.46. The highest BCUT2D eigenvalue weighted by Gasteiger charge is 2.52. The van der Waals surface area contributed by atoms with Crippen LogP contribution in [0.1, 0.15) is 39.2 Å². The first-order valence-corrected chi connectivity index (χ1v) is 6.88. The molecule has 0 aromatic heterocycles. The van der Waals surface area contributed by atoms with Gasteiger partial charge in [-0.05, 0) is 36.0 Å². The maximum absolute atomic E-state index is 12.1. The van der Waals surface area contributed by atoms with Gasteiger partial charge in [-0.1, -0.05) is 45.1 Å². The predicted molar refractivity (Wildman–Crippen MR) is 82.2 cm³/mol. The van der Waals surface area contributed by atoms with Crippen LogP contribution in [-0.2, 0) is 10.2 Å². The molecule has 0 aliphatic heterocycles. The van der Waals surface area contributed by atoms with Crippen molar-refractivity contribution in [3.05, 3.63) is 29.8 Å². The molecule has 1 aromatic carbocycles. The van der Waals surface area contributed by atoms with E-state index in [1.807, 2.05) is 24.3 Å². The molecule has 3 N–H and O–H groups in total. The van der Waals surface area contributed by atoms with Crippen LogP contribution in [0.3, 0.4) is 0 Å². The fourth-order valence-corrected chi connectivity index (χ4v) is 2.31. The topological polar surface area (TPSA) is 55.1 Å². The minimum atomic E-state index is -0.599. The Kier molecular flexibility index (Phi) is 3.39. The van der Waals surface area contributed by atoms with E-state index in [0.717, 1.165) is 18.5 Å². The Hall–Kier alpha value is -1.42. The van der Waals surface area contributed by atoms with Gasteiger partial charge in [-0.15, -0.1) is 0 Å². The lowest BCUT2D eigenvalue weighted by molar-refractivity contribution is -0.118. The van der Waals surface area contributed by atoms with E-state index in [4.69, 9.17) is 18.0 Å². The van der Waals surface area contributed by atoms with Crippen molar-refractivity contribution in [3.63, 3.8) is 0 Å². The van der Waals surface area contributed by atoms with Crippen molar-refractivity contribution in [1.29, 1.82) is 0 Å². The van der Waals surface area contributed by atoms with Crippen LogP contribution in [0, 0.1) is 5.41 Å². The first-order valence-electron chi connectivity index (χ1n) is 6.48. The first-order chi connectivity index (χ1) is 8.75. The predicted octanol–water partition coefficient (Wildman–Crippen LogP) is 2.99. The zero-order valence-corrected chi connectivity index (χ0v) is 12.4. The SMILES string of the molecule is CC(C)(C)c1ccc(NC(=O)C2(C(N)=S)CC2)cc1. The number of anilines is 1. The fourth-order valence-electron chi connectivity index (χ4n) is 2.01. The molecule has 1 amide bonds. The summed E-state index contributed by atoms with van der Waals surface area (Å²) in [5.74, 6) is -0.0801. The lowest BCUT2D eigenvalue weighted by Gasteiger charge is -2.19. The van der Waals surface area contributed by atoms with Gasteiger partial charge in [-0.3, -0.25) is 4.79 Å². The fraction of sp³-hybridized carbons (Fsp3) is 0.467. The van der Waals surface area contributed by atoms with E-state index < -0.39 is 5.41 Å². The second-order valence-corrected chi connectivity index (χ2v) is 6.67. The number of hydrogen-bond acceptors (Lipinski definition) is 2. The maximum Gasteiger partial charge on any atom is 0.237 e. The smallest absolute Gasteiger partial charge is 0.237 e. The summed E-state index contributed by atoms with van der Waals surface area (Å²) >= 11 is 4.97. The lowest BCUT2D eigenvalue weighted by Crippen LogP contribution is -2.35. The van der Waals surface area contributed by atoms with Crippen molar-refractivity contribution in [1.82, 2.24) is 0 Å². The van der Waals surface area contributed by atoms with Gasteiger partial charge in [0.05, 0.1) is 10.4 Å². The molecule has 3 nitrogen and oxygen atoms in total. The summed E-state index contributed by atoms with van der Waals surface area (Å²) in [5, 5.41) is 2.90. The zero-order valence-electron chi connectivity index (χ0n) is 11.6. The van der Waals surface area contributed by atoms with E-state index in [0.29, 0.717) is 4.99 Å². The maximum atomic E-state index is 12.1. The monoisotopic (exact) mass is 276 g/mol. The zero-order chi connectivity index (χ0) is 14.3. The third kappa shape index (κ3) is 2.78. The Morgan fingerprint density at radius 1 is 1.26 bits per heavy atom. The first kappa shape index (κ1) is 14.0. The van der Waals surface area contributed by atoms with E-state index in [2.05, 4.69) is 26.1 Å². The van der Waals surface area contributed by atoms with E-state index in [1.165, 1.54) is 5.56 Å². The second-order valence-electron chi connectivity index (χ2n) is 6.23. The Morgan fingerprint density at radius 2 is 1.79 bits per heavy atom. The molecule has 0 bridgehead atoms. The number of benzene rings is 1. The van der Waals surface area contributed by atoms with Crippen LogP contribution >= 0.6 is 12.2 Å². The Labute approximate surface area is 119 Å². The van der Waals surface area contributed by atoms with Gasteiger partial charge < -0.3 is 11.1 Å². The Morgan fingerprint density at radius 3 is 2.16 bits per heavy atom. The van der Waals surface area contributed by atoms with Crippen LogP contribution in [-0.4, -0.2) is 10.9 Å². The second kappa shape index (κ2) is 4.60. The third-order valence-electron chi connectivity index (χ3n) is 3.67. The molecule has 0 spiro atoms. The molecule has 0 heterocycles. The molecule has 4 heteroatoms. The summed E-state index contributed by atoms with van der Waals surface area (Å²) in [5.41, 5.74) is 7.18. The van der Waals surface area contributed by atoms with Crippen LogP contribution in [0.4, 0.5) is 5.69 Å². The number of amides is 1. The molecule has 19 heavy (non-hydrogen) atoms. The van der Waals surface area contributed by atoms with Crippen molar-refractivity contribution >= 4 is 28.8 Å². The van der Waals surface area contributed by atoms with Crippen LogP contribution in [0.25, 0.3) is 0 Å². The molecule has 1 aromatic rings. The number of thiocarbonyl (C=S) groups is 1. The summed E-state index contributed by atoms with van der Waals surface area (Å²) in [6, 6.07) is 7.92. The summed E-state index contributed by atoms with van der Waals surface area (Å²) in [7, 11) is 0. The number of carbonyl (C=O) groups is 1. The third-order valence-corrected chi connectivity index (χ3v) is 4.06. The van der Waals surface area contributed by atoms with Gasteiger partial charge >= 0.3 is 0 Å². The summed E-state index contributed by atoms with van der Waals surface area (Å²) in [4.78, 5) is 12.4. The van der Waals surface area contributed by atoms with Gasteiger partial charge in [0.2, 0.25) is 5.91 Å². The number of nitrogens with two attached hydrogens (primary N) is 1. The summed E-state index contributed by atoms with van der Waals surface area (Å²) in [6.45, 7) is 6.48. The Bertz CT molecular complexity index is 510. The largest absolute Gasteiger partial charge is 0.392 e. The molecule has 2 rings (SSSR count). The van der Waals surface area contributed by atoms with Crippen molar-refractivity contribution < 1.29 is 4.79 Å². The molecule has 102 valence electrons. The van der Waals surface area contributed by atoms with Crippen molar-refractivity contribution in [3.8, 4) is 0 Å². The van der Waals surface area contributed by atoms with Gasteiger partial charge in [-0.2, -0.15) is 0 Å². The van der Waals surface area contributed by atoms with Gasteiger partial charge in [0.1, 0.15) is 0 Å². The van der Waals surface area contributed by atoms with Gasteiger partial charge in [0, 0.05) is 5.69 Å². The number of rotatable bonds is 3. The van der Waals surface area contributed by atoms with Gasteiger partial charge in [-0.25, -0.2) is 0 Å².